The molecule has 0 amide bonds. The first-order chi connectivity index (χ1) is 12.5. The molecule has 1 aliphatic rings. The minimum Gasteiger partial charge on any atom is -0.772 e. The third kappa shape index (κ3) is 2.79. The standard InChI is InChI=1S/C18H15FN4O2S/c1-9-4-12(13(19)5-11(9)8-26(24)25)16-14(6-20)21-7-15-17(16)18(23-22-15)10-2-3-10/h4-5,7,10H,2-3,8H2,1H3,(H,22,23)(H,24,25)/p-1. The van der Waals surface area contributed by atoms with Crippen LogP contribution in [0.3, 0.4) is 0 Å². The van der Waals surface area contributed by atoms with Crippen LogP contribution >= 0.6 is 0 Å². The van der Waals surface area contributed by atoms with Gasteiger partial charge in [-0.15, -0.1) is 0 Å². The third-order valence-electron chi connectivity index (χ3n) is 4.68. The van der Waals surface area contributed by atoms with Gasteiger partial charge in [-0.3, -0.25) is 9.31 Å². The van der Waals surface area contributed by atoms with E-state index < -0.39 is 16.9 Å². The monoisotopic (exact) mass is 369 g/mol. The number of halogens is 1. The molecule has 0 aliphatic heterocycles. The van der Waals surface area contributed by atoms with Crippen LogP contribution in [0.25, 0.3) is 22.0 Å². The Morgan fingerprint density at radius 3 is 2.88 bits per heavy atom. The number of pyridine rings is 1. The Morgan fingerprint density at radius 1 is 1.46 bits per heavy atom. The molecule has 1 saturated carbocycles. The highest BCUT2D eigenvalue weighted by Gasteiger charge is 2.30. The van der Waals surface area contributed by atoms with Gasteiger partial charge < -0.3 is 4.55 Å². The predicted octanol–water partition coefficient (Wildman–Crippen LogP) is 3.20. The summed E-state index contributed by atoms with van der Waals surface area (Å²) >= 11 is -2.31. The largest absolute Gasteiger partial charge is 0.772 e. The van der Waals surface area contributed by atoms with Gasteiger partial charge in [0.1, 0.15) is 23.1 Å². The van der Waals surface area contributed by atoms with Crippen LogP contribution in [0.15, 0.2) is 18.3 Å². The molecule has 1 fully saturated rings. The Labute approximate surface area is 151 Å². The Morgan fingerprint density at radius 2 is 2.23 bits per heavy atom. The number of nitrogens with one attached hydrogen (secondary N) is 1. The zero-order chi connectivity index (χ0) is 18.4. The molecule has 1 atom stereocenters. The van der Waals surface area contributed by atoms with Crippen molar-refractivity contribution in [3.63, 3.8) is 0 Å². The number of hydrogen-bond donors (Lipinski definition) is 1. The van der Waals surface area contributed by atoms with E-state index in [-0.39, 0.29) is 17.0 Å². The fourth-order valence-electron chi connectivity index (χ4n) is 3.25. The smallest absolute Gasteiger partial charge is 0.149 e. The predicted molar refractivity (Wildman–Crippen MR) is 93.3 cm³/mol. The van der Waals surface area contributed by atoms with Gasteiger partial charge in [0.2, 0.25) is 0 Å². The molecule has 0 saturated heterocycles. The van der Waals surface area contributed by atoms with E-state index in [1.807, 2.05) is 6.07 Å². The number of aromatic nitrogens is 3. The third-order valence-corrected chi connectivity index (χ3v) is 5.23. The second kappa shape index (κ2) is 6.27. The van der Waals surface area contributed by atoms with Crippen LogP contribution in [0.5, 0.6) is 0 Å². The van der Waals surface area contributed by atoms with Gasteiger partial charge in [-0.25, -0.2) is 9.37 Å². The van der Waals surface area contributed by atoms with E-state index in [0.29, 0.717) is 28.1 Å². The molecule has 1 unspecified atom stereocenters. The van der Waals surface area contributed by atoms with E-state index in [1.54, 1.807) is 13.0 Å². The Bertz CT molecular complexity index is 1100. The maximum absolute atomic E-state index is 14.9. The van der Waals surface area contributed by atoms with Crippen LogP contribution in [-0.2, 0) is 16.8 Å². The molecule has 0 spiro atoms. The number of nitriles is 1. The van der Waals surface area contributed by atoms with Crippen molar-refractivity contribution in [2.75, 3.05) is 0 Å². The molecule has 0 bridgehead atoms. The summed E-state index contributed by atoms with van der Waals surface area (Å²) in [6.45, 7) is 1.72. The first-order valence-electron chi connectivity index (χ1n) is 8.12. The number of benzene rings is 1. The number of aryl methyl sites for hydroxylation is 1. The maximum atomic E-state index is 14.9. The summed E-state index contributed by atoms with van der Waals surface area (Å²) in [6, 6.07) is 4.84. The van der Waals surface area contributed by atoms with Gasteiger partial charge >= 0.3 is 0 Å². The molecule has 26 heavy (non-hydrogen) atoms. The average molecular weight is 369 g/mol. The van der Waals surface area contributed by atoms with Crippen LogP contribution in [0.4, 0.5) is 4.39 Å². The summed E-state index contributed by atoms with van der Waals surface area (Å²) in [7, 11) is 0. The molecule has 3 aromatic rings. The molecule has 1 aromatic carbocycles. The molecule has 1 N–H and O–H groups in total. The van der Waals surface area contributed by atoms with E-state index in [2.05, 4.69) is 15.2 Å². The molecule has 0 radical (unpaired) electrons. The number of fused-ring (bicyclic) bond motifs is 1. The second-order valence-corrected chi connectivity index (χ2v) is 7.37. The highest BCUT2D eigenvalue weighted by molar-refractivity contribution is 7.78. The molecule has 8 heteroatoms. The quantitative estimate of drug-likeness (QED) is 0.711. The van der Waals surface area contributed by atoms with Crippen molar-refractivity contribution in [3.8, 4) is 17.2 Å². The molecule has 1 aliphatic carbocycles. The summed E-state index contributed by atoms with van der Waals surface area (Å²) in [6.07, 6.45) is 3.56. The highest BCUT2D eigenvalue weighted by Crippen LogP contribution is 2.45. The zero-order valence-electron chi connectivity index (χ0n) is 13.9. The molecule has 4 rings (SSSR count). The number of aromatic amines is 1. The van der Waals surface area contributed by atoms with E-state index in [4.69, 9.17) is 0 Å². The zero-order valence-corrected chi connectivity index (χ0v) is 14.7. The van der Waals surface area contributed by atoms with E-state index in [0.717, 1.165) is 23.9 Å². The lowest BCUT2D eigenvalue weighted by atomic mass is 9.94. The lowest BCUT2D eigenvalue weighted by Crippen LogP contribution is -2.00. The lowest BCUT2D eigenvalue weighted by Gasteiger charge is -2.13. The second-order valence-electron chi connectivity index (χ2n) is 6.47. The molecule has 132 valence electrons. The average Bonchev–Trinajstić information content (AvgIpc) is 3.35. The summed E-state index contributed by atoms with van der Waals surface area (Å²) in [5.41, 5.74) is 3.30. The van der Waals surface area contributed by atoms with Crippen molar-refractivity contribution < 1.29 is 13.2 Å². The van der Waals surface area contributed by atoms with Crippen molar-refractivity contribution in [3.05, 3.63) is 46.7 Å². The van der Waals surface area contributed by atoms with Gasteiger partial charge in [-0.2, -0.15) is 10.4 Å². The first kappa shape index (κ1) is 16.8. The van der Waals surface area contributed by atoms with Crippen LogP contribution in [0.1, 0.15) is 41.3 Å². The summed E-state index contributed by atoms with van der Waals surface area (Å²) in [5, 5.41) is 17.5. The number of H-pyrrole nitrogens is 1. The Balaban J connectivity index is 1.99. The van der Waals surface area contributed by atoms with Gasteiger partial charge in [0.15, 0.2) is 0 Å². The van der Waals surface area contributed by atoms with E-state index >= 15 is 0 Å². The fourth-order valence-corrected chi connectivity index (χ4v) is 3.81. The van der Waals surface area contributed by atoms with Crippen LogP contribution < -0.4 is 0 Å². The number of nitrogens with zero attached hydrogens (tertiary/aromatic N) is 3. The molecular weight excluding hydrogens is 355 g/mol. The van der Waals surface area contributed by atoms with Gasteiger partial charge in [0, 0.05) is 33.9 Å². The van der Waals surface area contributed by atoms with Crippen molar-refractivity contribution in [2.45, 2.75) is 31.4 Å². The van der Waals surface area contributed by atoms with Gasteiger partial charge in [0.25, 0.3) is 0 Å². The van der Waals surface area contributed by atoms with Crippen LogP contribution in [0.2, 0.25) is 0 Å². The number of rotatable bonds is 4. The topological polar surface area (TPSA) is 105 Å². The van der Waals surface area contributed by atoms with Crippen LogP contribution in [-0.4, -0.2) is 23.9 Å². The number of hydrogen-bond acceptors (Lipinski definition) is 5. The fraction of sp³-hybridized carbons (Fsp3) is 0.278. The van der Waals surface area contributed by atoms with Crippen LogP contribution in [0, 0.1) is 24.1 Å². The lowest BCUT2D eigenvalue weighted by molar-refractivity contribution is 0.536. The molecule has 2 aromatic heterocycles. The highest BCUT2D eigenvalue weighted by atomic mass is 32.2. The SMILES string of the molecule is Cc1cc(-c2c(C#N)ncc3n[nH]c(C4CC4)c23)c(F)cc1CS(=O)[O-]. The maximum Gasteiger partial charge on any atom is 0.149 e. The normalized spacial score (nSPS) is 15.2. The minimum absolute atomic E-state index is 0.124. The van der Waals surface area contributed by atoms with E-state index in [1.165, 1.54) is 12.3 Å². The molecular formula is C18H14FN4O2S-. The summed E-state index contributed by atoms with van der Waals surface area (Å²) in [4.78, 5) is 4.13. The van der Waals surface area contributed by atoms with Gasteiger partial charge in [-0.05, 0) is 43.0 Å². The van der Waals surface area contributed by atoms with Gasteiger partial charge in [0.05, 0.1) is 6.20 Å². The van der Waals surface area contributed by atoms with Gasteiger partial charge in [-0.1, -0.05) is 11.1 Å². The first-order valence-corrected chi connectivity index (χ1v) is 9.36. The van der Waals surface area contributed by atoms with Crippen molar-refractivity contribution >= 4 is 22.0 Å². The summed E-state index contributed by atoms with van der Waals surface area (Å²) < 4.78 is 36.8. The Hall–Kier alpha value is -2.63. The summed E-state index contributed by atoms with van der Waals surface area (Å²) in [5.74, 6) is -0.501. The van der Waals surface area contributed by atoms with Crippen molar-refractivity contribution in [1.82, 2.24) is 15.2 Å². The minimum atomic E-state index is -2.31. The Kier molecular flexibility index (Phi) is 4.05. The molecule has 2 heterocycles. The van der Waals surface area contributed by atoms with E-state index in [9.17, 15) is 18.4 Å². The molecule has 6 nitrogen and oxygen atoms in total. The van der Waals surface area contributed by atoms with Crippen molar-refractivity contribution in [2.24, 2.45) is 0 Å². The van der Waals surface area contributed by atoms with Crippen molar-refractivity contribution in [1.29, 1.82) is 5.26 Å².